The van der Waals surface area contributed by atoms with Crippen LogP contribution in [0.4, 0.5) is 4.39 Å². The van der Waals surface area contributed by atoms with Crippen molar-refractivity contribution in [2.75, 3.05) is 13.2 Å². The molecule has 0 saturated carbocycles. The van der Waals surface area contributed by atoms with Crippen LogP contribution in [-0.4, -0.2) is 24.5 Å². The second kappa shape index (κ2) is 4.20. The van der Waals surface area contributed by atoms with Crippen molar-refractivity contribution >= 4 is 5.78 Å². The van der Waals surface area contributed by atoms with Gasteiger partial charge in [0, 0.05) is 6.61 Å². The summed E-state index contributed by atoms with van der Waals surface area (Å²) in [6.07, 6.45) is 0.443. The van der Waals surface area contributed by atoms with Gasteiger partial charge in [0.25, 0.3) is 0 Å². The van der Waals surface area contributed by atoms with Crippen molar-refractivity contribution in [2.45, 2.75) is 25.8 Å². The van der Waals surface area contributed by atoms with E-state index in [1.807, 2.05) is 0 Å². The van der Waals surface area contributed by atoms with Crippen LogP contribution in [0.1, 0.15) is 27.9 Å². The molecule has 1 aliphatic rings. The lowest BCUT2D eigenvalue weighted by molar-refractivity contribution is 0.0858. The predicted octanol–water partition coefficient (Wildman–Crippen LogP) is 1.74. The van der Waals surface area contributed by atoms with Crippen molar-refractivity contribution in [1.82, 2.24) is 0 Å². The first-order valence-corrected chi connectivity index (χ1v) is 5.62. The van der Waals surface area contributed by atoms with Crippen LogP contribution in [0.25, 0.3) is 0 Å². The Kier molecular flexibility index (Phi) is 3.02. The number of nitrogens with two attached hydrogens (primary N) is 1. The molecule has 17 heavy (non-hydrogen) atoms. The number of carbonyl (C=O) groups is 1. The van der Waals surface area contributed by atoms with E-state index in [1.165, 1.54) is 6.07 Å². The normalized spacial score (nSPS) is 24.0. The molecule has 3 nitrogen and oxygen atoms in total. The van der Waals surface area contributed by atoms with Crippen LogP contribution >= 0.6 is 0 Å². The summed E-state index contributed by atoms with van der Waals surface area (Å²) in [4.78, 5) is 12.3. The van der Waals surface area contributed by atoms with Gasteiger partial charge in [-0.3, -0.25) is 4.79 Å². The Balaban J connectivity index is 2.44. The number of hydrogen-bond donors (Lipinski definition) is 1. The van der Waals surface area contributed by atoms with Crippen molar-refractivity contribution in [1.29, 1.82) is 0 Å². The maximum Gasteiger partial charge on any atom is 0.188 e. The molecule has 0 radical (unpaired) electrons. The van der Waals surface area contributed by atoms with Gasteiger partial charge in [-0.2, -0.15) is 0 Å². The van der Waals surface area contributed by atoms with Crippen molar-refractivity contribution < 1.29 is 13.9 Å². The molecule has 2 N–H and O–H groups in total. The molecule has 92 valence electrons. The molecule has 0 aromatic heterocycles. The molecule has 4 heteroatoms. The average Bonchev–Trinajstić information content (AvgIpc) is 2.64. The maximum atomic E-state index is 13.9. The molecule has 1 fully saturated rings. The molecular weight excluding hydrogens is 221 g/mol. The average molecular weight is 237 g/mol. The minimum Gasteiger partial charge on any atom is -0.379 e. The van der Waals surface area contributed by atoms with Crippen LogP contribution < -0.4 is 5.73 Å². The highest BCUT2D eigenvalue weighted by molar-refractivity contribution is 6.04. The summed E-state index contributed by atoms with van der Waals surface area (Å²) in [5.74, 6) is -0.853. The van der Waals surface area contributed by atoms with E-state index in [2.05, 4.69) is 0 Å². The predicted molar refractivity (Wildman–Crippen MR) is 62.6 cm³/mol. The second-order valence-corrected chi connectivity index (χ2v) is 4.73. The summed E-state index contributed by atoms with van der Waals surface area (Å²) in [7, 11) is 0. The van der Waals surface area contributed by atoms with Crippen molar-refractivity contribution in [2.24, 2.45) is 5.73 Å². The summed E-state index contributed by atoms with van der Waals surface area (Å²) in [6.45, 7) is 4.14. The Hall–Kier alpha value is -1.26. The van der Waals surface area contributed by atoms with Gasteiger partial charge < -0.3 is 10.5 Å². The van der Waals surface area contributed by atoms with Crippen molar-refractivity contribution in [3.63, 3.8) is 0 Å². The topological polar surface area (TPSA) is 52.3 Å². The molecular formula is C13H16FNO2. The number of aryl methyl sites for hydroxylation is 2. The summed E-state index contributed by atoms with van der Waals surface area (Å²) >= 11 is 0. The van der Waals surface area contributed by atoms with Crippen LogP contribution in [0.15, 0.2) is 12.1 Å². The monoisotopic (exact) mass is 237 g/mol. The van der Waals surface area contributed by atoms with E-state index in [0.29, 0.717) is 18.6 Å². The number of halogens is 1. The standard InChI is InChI=1S/C13H16FNO2/c1-8-5-9(2)11(10(14)6-8)12(16)13(15)3-4-17-7-13/h5-6H,3-4,7,15H2,1-2H3. The maximum absolute atomic E-state index is 13.9. The Morgan fingerprint density at radius 3 is 2.71 bits per heavy atom. The van der Waals surface area contributed by atoms with E-state index in [9.17, 15) is 9.18 Å². The molecule has 0 amide bonds. The molecule has 0 bridgehead atoms. The van der Waals surface area contributed by atoms with E-state index in [4.69, 9.17) is 10.5 Å². The van der Waals surface area contributed by atoms with Gasteiger partial charge in [0.2, 0.25) is 0 Å². The largest absolute Gasteiger partial charge is 0.379 e. The summed E-state index contributed by atoms with van der Waals surface area (Å²) < 4.78 is 19.0. The third kappa shape index (κ3) is 2.10. The Morgan fingerprint density at radius 1 is 1.47 bits per heavy atom. The Morgan fingerprint density at radius 2 is 2.18 bits per heavy atom. The third-order valence-corrected chi connectivity index (χ3v) is 3.16. The lowest BCUT2D eigenvalue weighted by atomic mass is 9.87. The van der Waals surface area contributed by atoms with Gasteiger partial charge in [0.1, 0.15) is 11.4 Å². The van der Waals surface area contributed by atoms with Gasteiger partial charge in [0.15, 0.2) is 5.78 Å². The zero-order valence-corrected chi connectivity index (χ0v) is 10.0. The quantitative estimate of drug-likeness (QED) is 0.797. The molecule has 0 aliphatic carbocycles. The van der Waals surface area contributed by atoms with Crippen LogP contribution in [0, 0.1) is 19.7 Å². The molecule has 1 heterocycles. The number of hydrogen-bond acceptors (Lipinski definition) is 3. The van der Waals surface area contributed by atoms with E-state index in [0.717, 1.165) is 5.56 Å². The van der Waals surface area contributed by atoms with Gasteiger partial charge in [-0.15, -0.1) is 0 Å². The molecule has 1 atom stereocenters. The second-order valence-electron chi connectivity index (χ2n) is 4.73. The molecule has 2 rings (SSSR count). The Labute approximate surface area is 99.8 Å². The first kappa shape index (κ1) is 12.2. The van der Waals surface area contributed by atoms with Crippen LogP contribution in [-0.2, 0) is 4.74 Å². The zero-order valence-electron chi connectivity index (χ0n) is 10.0. The minimum atomic E-state index is -1.07. The highest BCUT2D eigenvalue weighted by atomic mass is 19.1. The number of carbonyl (C=O) groups excluding carboxylic acids is 1. The van der Waals surface area contributed by atoms with E-state index < -0.39 is 11.4 Å². The fourth-order valence-corrected chi connectivity index (χ4v) is 2.21. The third-order valence-electron chi connectivity index (χ3n) is 3.16. The molecule has 1 aliphatic heterocycles. The number of ketones is 1. The molecule has 1 saturated heterocycles. The van der Waals surface area contributed by atoms with E-state index in [1.54, 1.807) is 19.9 Å². The smallest absolute Gasteiger partial charge is 0.188 e. The zero-order chi connectivity index (χ0) is 12.6. The summed E-state index contributed by atoms with van der Waals surface area (Å²) in [5.41, 5.74) is 6.43. The van der Waals surface area contributed by atoms with Gasteiger partial charge in [-0.1, -0.05) is 6.07 Å². The lowest BCUT2D eigenvalue weighted by Crippen LogP contribution is -2.49. The van der Waals surface area contributed by atoms with Crippen molar-refractivity contribution in [3.8, 4) is 0 Å². The molecule has 0 spiro atoms. The fraction of sp³-hybridized carbons (Fsp3) is 0.462. The highest BCUT2D eigenvalue weighted by Gasteiger charge is 2.40. The van der Waals surface area contributed by atoms with E-state index >= 15 is 0 Å². The molecule has 1 aromatic rings. The summed E-state index contributed by atoms with van der Waals surface area (Å²) in [6, 6.07) is 3.15. The number of rotatable bonds is 2. The highest BCUT2D eigenvalue weighted by Crippen LogP contribution is 2.25. The van der Waals surface area contributed by atoms with Gasteiger partial charge in [-0.25, -0.2) is 4.39 Å². The van der Waals surface area contributed by atoms with E-state index in [-0.39, 0.29) is 18.0 Å². The minimum absolute atomic E-state index is 0.101. The van der Waals surface area contributed by atoms with Crippen LogP contribution in [0.5, 0.6) is 0 Å². The fourth-order valence-electron chi connectivity index (χ4n) is 2.21. The Bertz CT molecular complexity index is 441. The van der Waals surface area contributed by atoms with Gasteiger partial charge in [-0.05, 0) is 37.5 Å². The number of Topliss-reactive ketones (excluding diaryl/α,β-unsaturated/α-hetero) is 1. The first-order valence-electron chi connectivity index (χ1n) is 5.62. The van der Waals surface area contributed by atoms with Crippen LogP contribution in [0.2, 0.25) is 0 Å². The SMILES string of the molecule is Cc1cc(C)c(C(=O)C2(N)CCOC2)c(F)c1. The number of benzene rings is 1. The van der Waals surface area contributed by atoms with Crippen LogP contribution in [0.3, 0.4) is 0 Å². The molecule has 1 aromatic carbocycles. The first-order chi connectivity index (χ1) is 7.94. The van der Waals surface area contributed by atoms with Gasteiger partial charge in [0.05, 0.1) is 12.2 Å². The van der Waals surface area contributed by atoms with Gasteiger partial charge >= 0.3 is 0 Å². The summed E-state index contributed by atoms with van der Waals surface area (Å²) in [5, 5.41) is 0. The number of ether oxygens (including phenoxy) is 1. The molecule has 1 unspecified atom stereocenters. The van der Waals surface area contributed by atoms with Crippen molar-refractivity contribution in [3.05, 3.63) is 34.6 Å². The lowest BCUT2D eigenvalue weighted by Gasteiger charge is -2.21.